The smallest absolute Gasteiger partial charge is 0.309 e. The Morgan fingerprint density at radius 3 is 2.31 bits per heavy atom. The summed E-state index contributed by atoms with van der Waals surface area (Å²) in [5, 5.41) is 35.9. The second-order valence-electron chi connectivity index (χ2n) is 15.1. The van der Waals surface area contributed by atoms with Gasteiger partial charge in [0.2, 0.25) is 5.91 Å². The second-order valence-corrected chi connectivity index (χ2v) is 15.9. The van der Waals surface area contributed by atoms with Crippen LogP contribution in [0.3, 0.4) is 0 Å². The molecule has 0 radical (unpaired) electrons. The molecule has 17 heteroatoms. The Hall–Kier alpha value is -3.83. The molecule has 1 aliphatic rings. The van der Waals surface area contributed by atoms with Crippen LogP contribution in [0.2, 0.25) is 10.0 Å². The Balaban J connectivity index is 1.44. The highest BCUT2D eigenvalue weighted by Crippen LogP contribution is 2.38. The zero-order chi connectivity index (χ0) is 43.2. The summed E-state index contributed by atoms with van der Waals surface area (Å²) in [5.41, 5.74) is 1.30. The molecule has 5 N–H and O–H groups in total. The maximum Gasteiger partial charge on any atom is 0.309 e. The van der Waals surface area contributed by atoms with Crippen LogP contribution in [0.4, 0.5) is 0 Å². The van der Waals surface area contributed by atoms with E-state index in [4.69, 9.17) is 46.9 Å². The van der Waals surface area contributed by atoms with Gasteiger partial charge >= 0.3 is 11.9 Å². The van der Waals surface area contributed by atoms with Crippen LogP contribution in [0.15, 0.2) is 30.3 Å². The molecule has 0 aliphatic carbocycles. The molecule has 1 aliphatic heterocycles. The number of benzene rings is 2. The largest absolute Gasteiger partial charge is 0.486 e. The molecular weight excluding hydrogens is 799 g/mol. The molecule has 322 valence electrons. The number of ether oxygens (including phenoxy) is 5. The number of amides is 2. The zero-order valence-corrected chi connectivity index (χ0v) is 35.3. The average molecular weight is 856 g/mol. The number of carbonyl (C=O) groups is 5. The van der Waals surface area contributed by atoms with E-state index in [0.717, 1.165) is 11.1 Å². The number of aliphatic hydroxyl groups excluding tert-OH is 3. The van der Waals surface area contributed by atoms with Crippen molar-refractivity contribution in [1.82, 2.24) is 10.6 Å². The minimum atomic E-state index is -1.50. The molecule has 0 bridgehead atoms. The number of aliphatic hydroxyl groups is 3. The Kier molecular flexibility index (Phi) is 19.3. The molecule has 2 amide bonds. The number of unbranched alkanes of at least 4 members (excludes halogenated alkanes) is 2. The average Bonchev–Trinajstić information content (AvgIpc) is 3.17. The number of hydrogen-bond acceptors (Lipinski definition) is 13. The molecule has 58 heavy (non-hydrogen) atoms. The number of carbonyl (C=O) groups excluding carboxylic acids is 5. The van der Waals surface area contributed by atoms with Crippen LogP contribution in [-0.2, 0) is 51.3 Å². The van der Waals surface area contributed by atoms with Crippen LogP contribution in [0, 0.1) is 12.8 Å². The minimum absolute atomic E-state index is 0.0390. The predicted molar refractivity (Wildman–Crippen MR) is 213 cm³/mol. The van der Waals surface area contributed by atoms with Crippen LogP contribution in [-0.4, -0.2) is 102 Å². The molecular formula is C41H56Cl2N2O13. The van der Waals surface area contributed by atoms with Crippen molar-refractivity contribution in [3.63, 3.8) is 0 Å². The molecule has 2 aromatic rings. The first-order chi connectivity index (χ1) is 27.4. The number of rotatable bonds is 21. The lowest BCUT2D eigenvalue weighted by Gasteiger charge is -2.41. The molecule has 0 saturated carbocycles. The summed E-state index contributed by atoms with van der Waals surface area (Å²) in [6.07, 6.45) is -2.52. The highest BCUT2D eigenvalue weighted by atomic mass is 35.5. The molecule has 6 atom stereocenters. The molecule has 1 fully saturated rings. The van der Waals surface area contributed by atoms with Gasteiger partial charge in [-0.05, 0) is 63.3 Å². The van der Waals surface area contributed by atoms with Crippen LogP contribution >= 0.6 is 23.2 Å². The lowest BCUT2D eigenvalue weighted by atomic mass is 9.96. The number of ketones is 1. The highest BCUT2D eigenvalue weighted by Gasteiger charge is 2.45. The third kappa shape index (κ3) is 14.8. The summed E-state index contributed by atoms with van der Waals surface area (Å²) in [6.45, 7) is 6.58. The number of esters is 2. The first-order valence-corrected chi connectivity index (χ1v) is 19.9. The molecule has 15 nitrogen and oxygen atoms in total. The molecule has 1 saturated heterocycles. The maximum absolute atomic E-state index is 13.3. The fraction of sp³-hybridized carbons (Fsp3) is 0.585. The number of methoxy groups -OCH3 is 2. The monoisotopic (exact) mass is 854 g/mol. The molecule has 1 heterocycles. The van der Waals surface area contributed by atoms with Gasteiger partial charge in [0.1, 0.15) is 42.3 Å². The topological polar surface area (TPSA) is 216 Å². The van der Waals surface area contributed by atoms with Crippen LogP contribution < -0.4 is 15.4 Å². The van der Waals surface area contributed by atoms with Gasteiger partial charge in [-0.2, -0.15) is 0 Å². The van der Waals surface area contributed by atoms with Gasteiger partial charge < -0.3 is 49.6 Å². The summed E-state index contributed by atoms with van der Waals surface area (Å²) in [5.74, 6) is -2.39. The normalized spacial score (nSPS) is 19.8. The van der Waals surface area contributed by atoms with Gasteiger partial charge in [0.05, 0.1) is 36.1 Å². The van der Waals surface area contributed by atoms with Gasteiger partial charge in [0.15, 0.2) is 12.0 Å². The van der Waals surface area contributed by atoms with E-state index in [1.54, 1.807) is 33.8 Å². The molecule has 2 aromatic carbocycles. The van der Waals surface area contributed by atoms with E-state index in [0.29, 0.717) is 37.7 Å². The molecule has 0 spiro atoms. The van der Waals surface area contributed by atoms with Gasteiger partial charge in [0.25, 0.3) is 5.91 Å². The molecule has 0 aromatic heterocycles. The van der Waals surface area contributed by atoms with Crippen LogP contribution in [0.25, 0.3) is 0 Å². The van der Waals surface area contributed by atoms with Crippen LogP contribution in [0.1, 0.15) is 99.2 Å². The van der Waals surface area contributed by atoms with Crippen molar-refractivity contribution in [2.24, 2.45) is 5.92 Å². The maximum atomic E-state index is 13.3. The van der Waals surface area contributed by atoms with Crippen molar-refractivity contribution >= 4 is 52.7 Å². The number of Topliss-reactive ketones (excluding diaryl/α,β-unsaturated/α-hetero) is 1. The zero-order valence-electron chi connectivity index (χ0n) is 33.8. The first-order valence-electron chi connectivity index (χ1n) is 19.1. The van der Waals surface area contributed by atoms with Gasteiger partial charge in [0, 0.05) is 38.5 Å². The van der Waals surface area contributed by atoms with Crippen LogP contribution in [0.5, 0.6) is 5.75 Å². The van der Waals surface area contributed by atoms with E-state index in [9.17, 15) is 39.3 Å². The van der Waals surface area contributed by atoms with E-state index in [1.807, 2.05) is 18.2 Å². The van der Waals surface area contributed by atoms with Gasteiger partial charge in [-0.25, -0.2) is 0 Å². The standard InChI is InChI=1S/C41H56Cl2N2O13/c1-23-28(38(52)45-34-36(51)35(50)30(21-46)57-40(34)55-6)19-29(42)37(33(23)43)56-22-25-12-10-11-24(17-25)20-44-31(48)16-15-27(47)14-9-7-8-13-26(39(53)54-5)18-32(49)58-41(2,3)4/h10-12,17,19,26,30,34-36,40,46,50-51H,7-9,13-16,18,20-22H2,1-6H3,(H,44,48)(H,45,52)/t26-,30-,34-,35-,36-,40+/m1/s1. The lowest BCUT2D eigenvalue weighted by Crippen LogP contribution is -2.64. The van der Waals surface area contributed by atoms with Crippen molar-refractivity contribution in [1.29, 1.82) is 0 Å². The first kappa shape index (κ1) is 48.5. The van der Waals surface area contributed by atoms with E-state index >= 15 is 0 Å². The van der Waals surface area contributed by atoms with Gasteiger partial charge in [-0.3, -0.25) is 24.0 Å². The molecule has 0 unspecified atom stereocenters. The van der Waals surface area contributed by atoms with Gasteiger partial charge in [-0.15, -0.1) is 0 Å². The van der Waals surface area contributed by atoms with Gasteiger partial charge in [-0.1, -0.05) is 60.3 Å². The summed E-state index contributed by atoms with van der Waals surface area (Å²) in [7, 11) is 2.57. The third-order valence-electron chi connectivity index (χ3n) is 9.45. The second kappa shape index (κ2) is 23.1. The highest BCUT2D eigenvalue weighted by molar-refractivity contribution is 6.38. The van der Waals surface area contributed by atoms with E-state index in [2.05, 4.69) is 10.6 Å². The Morgan fingerprint density at radius 1 is 0.948 bits per heavy atom. The Labute approximate surface area is 349 Å². The van der Waals surface area contributed by atoms with E-state index < -0.39 is 66.6 Å². The quantitative estimate of drug-likeness (QED) is 0.0865. The third-order valence-corrected chi connectivity index (χ3v) is 10.2. The number of hydrogen-bond donors (Lipinski definition) is 5. The van der Waals surface area contributed by atoms with Crippen molar-refractivity contribution in [3.05, 3.63) is 62.6 Å². The van der Waals surface area contributed by atoms with Crippen molar-refractivity contribution < 1.29 is 63.0 Å². The fourth-order valence-electron chi connectivity index (χ4n) is 6.32. The predicted octanol–water partition coefficient (Wildman–Crippen LogP) is 4.50. The minimum Gasteiger partial charge on any atom is -0.486 e. The van der Waals surface area contributed by atoms with Crippen molar-refractivity contribution in [2.45, 2.75) is 128 Å². The molecule has 3 rings (SSSR count). The van der Waals surface area contributed by atoms with E-state index in [-0.39, 0.29) is 65.5 Å². The Bertz CT molecular complexity index is 1730. The summed E-state index contributed by atoms with van der Waals surface area (Å²) in [6, 6.07) is 7.47. The lowest BCUT2D eigenvalue weighted by molar-refractivity contribution is -0.261. The number of nitrogens with one attached hydrogen (secondary N) is 2. The Morgan fingerprint density at radius 2 is 1.66 bits per heavy atom. The summed E-state index contributed by atoms with van der Waals surface area (Å²) >= 11 is 13.1. The van der Waals surface area contributed by atoms with E-state index in [1.165, 1.54) is 20.3 Å². The summed E-state index contributed by atoms with van der Waals surface area (Å²) in [4.78, 5) is 62.6. The number of halogens is 2. The fourth-order valence-corrected chi connectivity index (χ4v) is 6.89. The van der Waals surface area contributed by atoms with Crippen molar-refractivity contribution in [2.75, 3.05) is 20.8 Å². The summed E-state index contributed by atoms with van der Waals surface area (Å²) < 4.78 is 26.8. The van der Waals surface area contributed by atoms with Crippen molar-refractivity contribution in [3.8, 4) is 5.75 Å². The SMILES string of the molecule is COC(=O)[C@H](CCCCCC(=O)CCC(=O)NCc1cccc(COc2c(Cl)cc(C(=O)N[C@H]3[C@@H](OC)O[C@H](CO)[C@@H](O)[C@@H]3O)c(C)c2Cl)c1)CC(=O)OC(C)(C)C.